The van der Waals surface area contributed by atoms with Crippen LogP contribution in [0.25, 0.3) is 0 Å². The Labute approximate surface area is 107 Å². The van der Waals surface area contributed by atoms with Crippen LogP contribution in [0, 0.1) is 5.82 Å². The Hall–Kier alpha value is 0.210. The maximum atomic E-state index is 13.8. The van der Waals surface area contributed by atoms with E-state index in [1.54, 1.807) is 0 Å². The monoisotopic (exact) mass is 310 g/mol. The number of hydrogen-bond donors (Lipinski definition) is 0. The van der Waals surface area contributed by atoms with E-state index in [0.29, 0.717) is 15.1 Å². The highest BCUT2D eigenvalue weighted by Crippen LogP contribution is 2.47. The van der Waals surface area contributed by atoms with E-state index in [0.717, 1.165) is 18.4 Å². The van der Waals surface area contributed by atoms with E-state index in [1.807, 2.05) is 6.92 Å². The zero-order valence-electron chi connectivity index (χ0n) is 8.16. The molecule has 1 aliphatic rings. The Morgan fingerprint density at radius 1 is 1.40 bits per heavy atom. The van der Waals surface area contributed by atoms with Crippen molar-refractivity contribution >= 4 is 39.1 Å². The lowest BCUT2D eigenvalue weighted by atomic mass is 9.83. The number of alkyl halides is 1. The summed E-state index contributed by atoms with van der Waals surface area (Å²) in [4.78, 5) is 0. The fourth-order valence-corrected chi connectivity index (χ4v) is 3.23. The molecule has 0 fully saturated rings. The molecule has 0 nitrogen and oxygen atoms in total. The molecule has 82 valence electrons. The molecular weight excluding hydrogens is 302 g/mol. The van der Waals surface area contributed by atoms with Gasteiger partial charge in [0.15, 0.2) is 0 Å². The Bertz CT molecular complexity index is 406. The maximum Gasteiger partial charge on any atom is 0.128 e. The first kappa shape index (κ1) is 11.7. The Morgan fingerprint density at radius 2 is 2.07 bits per heavy atom. The number of rotatable bonds is 0. The summed E-state index contributed by atoms with van der Waals surface area (Å²) in [5.74, 6) is -0.0141. The summed E-state index contributed by atoms with van der Waals surface area (Å²) in [5, 5.41) is 0.383. The van der Waals surface area contributed by atoms with Crippen LogP contribution >= 0.6 is 39.1 Å². The first-order valence-electron chi connectivity index (χ1n) is 4.83. The second kappa shape index (κ2) is 4.23. The summed E-state index contributed by atoms with van der Waals surface area (Å²) >= 11 is 15.6. The predicted molar refractivity (Wildman–Crippen MR) is 65.4 cm³/mol. The van der Waals surface area contributed by atoms with Crippen LogP contribution in [0.15, 0.2) is 10.5 Å². The van der Waals surface area contributed by atoms with E-state index in [9.17, 15) is 4.39 Å². The van der Waals surface area contributed by atoms with E-state index in [4.69, 9.17) is 23.2 Å². The second-order valence-corrected chi connectivity index (χ2v) is 5.69. The molecule has 0 radical (unpaired) electrons. The van der Waals surface area contributed by atoms with Crippen molar-refractivity contribution in [2.24, 2.45) is 0 Å². The van der Waals surface area contributed by atoms with Crippen molar-refractivity contribution in [2.45, 2.75) is 31.1 Å². The first-order valence-corrected chi connectivity index (χ1v) is 6.44. The van der Waals surface area contributed by atoms with Crippen LogP contribution in [0.5, 0.6) is 0 Å². The molecule has 2 unspecified atom stereocenters. The third-order valence-electron chi connectivity index (χ3n) is 2.91. The first-order chi connectivity index (χ1) is 7.02. The largest absolute Gasteiger partial charge is 0.207 e. The topological polar surface area (TPSA) is 0 Å². The van der Waals surface area contributed by atoms with E-state index in [-0.39, 0.29) is 17.1 Å². The quantitative estimate of drug-likeness (QED) is 0.443. The minimum absolute atomic E-state index is 0.171. The van der Waals surface area contributed by atoms with Crippen molar-refractivity contribution in [3.63, 3.8) is 0 Å². The Morgan fingerprint density at radius 3 is 2.73 bits per heavy atom. The highest BCUT2D eigenvalue weighted by Gasteiger charge is 2.29. The highest BCUT2D eigenvalue weighted by molar-refractivity contribution is 9.10. The smallest absolute Gasteiger partial charge is 0.128 e. The molecule has 0 aliphatic heterocycles. The minimum atomic E-state index is -0.209. The average molecular weight is 312 g/mol. The molecule has 0 bridgehead atoms. The number of benzene rings is 1. The van der Waals surface area contributed by atoms with Crippen molar-refractivity contribution in [1.82, 2.24) is 0 Å². The molecule has 0 spiro atoms. The van der Waals surface area contributed by atoms with E-state index in [2.05, 4.69) is 15.9 Å². The second-order valence-electron chi connectivity index (χ2n) is 3.93. The van der Waals surface area contributed by atoms with E-state index in [1.165, 1.54) is 6.07 Å². The molecule has 0 heterocycles. The highest BCUT2D eigenvalue weighted by atomic mass is 79.9. The zero-order valence-corrected chi connectivity index (χ0v) is 11.3. The predicted octanol–water partition coefficient (Wildman–Crippen LogP) is 5.42. The lowest BCUT2D eigenvalue weighted by Crippen LogP contribution is -2.12. The molecule has 0 aromatic heterocycles. The summed E-state index contributed by atoms with van der Waals surface area (Å²) in [5.41, 5.74) is 1.46. The SMILES string of the molecule is CC1CCC(Cl)c2c(Cl)c(Br)cc(F)c21. The number of halogens is 4. The van der Waals surface area contributed by atoms with Gasteiger partial charge >= 0.3 is 0 Å². The van der Waals surface area contributed by atoms with Gasteiger partial charge in [-0.2, -0.15) is 0 Å². The summed E-state index contributed by atoms with van der Waals surface area (Å²) in [6.07, 6.45) is 1.77. The molecule has 1 aromatic rings. The molecule has 0 saturated heterocycles. The van der Waals surface area contributed by atoms with Gasteiger partial charge in [0.05, 0.1) is 10.4 Å². The van der Waals surface area contributed by atoms with Gasteiger partial charge in [0.1, 0.15) is 5.82 Å². The fourth-order valence-electron chi connectivity index (χ4n) is 2.12. The standard InChI is InChI=1S/C11H10BrCl2F/c1-5-2-3-7(13)10-9(5)8(15)4-6(12)11(10)14/h4-5,7H,2-3H2,1H3. The number of fused-ring (bicyclic) bond motifs is 1. The van der Waals surface area contributed by atoms with Crippen molar-refractivity contribution < 1.29 is 4.39 Å². The van der Waals surface area contributed by atoms with Crippen LogP contribution in [-0.2, 0) is 0 Å². The van der Waals surface area contributed by atoms with Gasteiger partial charge in [0.25, 0.3) is 0 Å². The van der Waals surface area contributed by atoms with Crippen molar-refractivity contribution in [2.75, 3.05) is 0 Å². The van der Waals surface area contributed by atoms with Crippen LogP contribution in [0.1, 0.15) is 42.2 Å². The van der Waals surface area contributed by atoms with E-state index < -0.39 is 0 Å². The lowest BCUT2D eigenvalue weighted by Gasteiger charge is -2.28. The van der Waals surface area contributed by atoms with Crippen LogP contribution in [0.4, 0.5) is 4.39 Å². The third kappa shape index (κ3) is 1.92. The van der Waals surface area contributed by atoms with Crippen LogP contribution < -0.4 is 0 Å². The average Bonchev–Trinajstić information content (AvgIpc) is 2.18. The van der Waals surface area contributed by atoms with Gasteiger partial charge in [-0.05, 0) is 51.9 Å². The maximum absolute atomic E-state index is 13.8. The van der Waals surface area contributed by atoms with Gasteiger partial charge in [-0.3, -0.25) is 0 Å². The summed E-state index contributed by atoms with van der Waals surface area (Å²) in [6.45, 7) is 2.01. The lowest BCUT2D eigenvalue weighted by molar-refractivity contribution is 0.524. The number of hydrogen-bond acceptors (Lipinski definition) is 0. The van der Waals surface area contributed by atoms with Gasteiger partial charge < -0.3 is 0 Å². The van der Waals surface area contributed by atoms with Gasteiger partial charge in [-0.25, -0.2) is 4.39 Å². The Balaban J connectivity index is 2.71. The van der Waals surface area contributed by atoms with Gasteiger partial charge in [0, 0.05) is 4.47 Å². The summed E-state index contributed by atoms with van der Waals surface area (Å²) in [6, 6.07) is 1.42. The minimum Gasteiger partial charge on any atom is -0.207 e. The third-order valence-corrected chi connectivity index (χ3v) is 4.60. The van der Waals surface area contributed by atoms with Crippen molar-refractivity contribution in [3.8, 4) is 0 Å². The summed E-state index contributed by atoms with van der Waals surface area (Å²) in [7, 11) is 0. The molecule has 0 amide bonds. The molecule has 0 N–H and O–H groups in total. The molecule has 15 heavy (non-hydrogen) atoms. The molecule has 4 heteroatoms. The molecule has 2 rings (SSSR count). The van der Waals surface area contributed by atoms with Gasteiger partial charge in [-0.15, -0.1) is 11.6 Å². The Kier molecular flexibility index (Phi) is 3.30. The molecule has 2 atom stereocenters. The fraction of sp³-hybridized carbons (Fsp3) is 0.455. The summed E-state index contributed by atoms with van der Waals surface area (Å²) < 4.78 is 14.4. The van der Waals surface area contributed by atoms with Crippen molar-refractivity contribution in [1.29, 1.82) is 0 Å². The van der Waals surface area contributed by atoms with E-state index >= 15 is 0 Å². The molecule has 1 aliphatic carbocycles. The van der Waals surface area contributed by atoms with Gasteiger partial charge in [-0.1, -0.05) is 18.5 Å². The van der Waals surface area contributed by atoms with Crippen molar-refractivity contribution in [3.05, 3.63) is 32.5 Å². The van der Waals surface area contributed by atoms with Gasteiger partial charge in [0.2, 0.25) is 0 Å². The van der Waals surface area contributed by atoms with Crippen LogP contribution in [0.2, 0.25) is 5.02 Å². The molecule has 1 aromatic carbocycles. The van der Waals surface area contributed by atoms with Crippen LogP contribution in [0.3, 0.4) is 0 Å². The zero-order chi connectivity index (χ0) is 11.2. The molecular formula is C11H10BrCl2F. The molecule has 0 saturated carbocycles. The van der Waals surface area contributed by atoms with Crippen LogP contribution in [-0.4, -0.2) is 0 Å². The normalized spacial score (nSPS) is 25.1.